The van der Waals surface area contributed by atoms with Gasteiger partial charge in [-0.2, -0.15) is 5.21 Å². The molecule has 7 nitrogen and oxygen atoms in total. The first kappa shape index (κ1) is 14.5. The van der Waals surface area contributed by atoms with Crippen molar-refractivity contribution < 1.29 is 9.53 Å². The van der Waals surface area contributed by atoms with E-state index >= 15 is 0 Å². The van der Waals surface area contributed by atoms with E-state index in [1.54, 1.807) is 7.11 Å². The molecule has 7 heteroatoms. The minimum Gasteiger partial charge on any atom is -0.497 e. The third-order valence-corrected chi connectivity index (χ3v) is 10.6. The van der Waals surface area contributed by atoms with E-state index in [4.69, 9.17) is 4.74 Å². The van der Waals surface area contributed by atoms with Gasteiger partial charge in [0.15, 0.2) is 5.82 Å². The molecule has 146 valence electrons. The van der Waals surface area contributed by atoms with E-state index < -0.39 is 0 Å². The van der Waals surface area contributed by atoms with Gasteiger partial charge >= 0.3 is 0 Å². The Morgan fingerprint density at radius 2 is 1.90 bits per heavy atom. The number of methoxy groups -OCH3 is 1. The molecule has 2 aromatic rings. The van der Waals surface area contributed by atoms with Crippen molar-refractivity contribution in [1.82, 2.24) is 25.5 Å². The first-order valence-electron chi connectivity index (χ1n) is 10.9. The second kappa shape index (κ2) is 3.82. The van der Waals surface area contributed by atoms with Crippen molar-refractivity contribution in [3.8, 4) is 5.75 Å². The molecular weight excluding hydrogens is 366 g/mol. The van der Waals surface area contributed by atoms with E-state index in [1.165, 1.54) is 11.1 Å². The molecule has 0 bridgehead atoms. The Bertz CT molecular complexity index is 1100. The molecule has 1 amide bonds. The number of tetrazole rings is 1. The molecule has 1 aliphatic heterocycles. The van der Waals surface area contributed by atoms with Crippen LogP contribution in [0.3, 0.4) is 0 Å². The monoisotopic (exact) mass is 387 g/mol. The molecule has 2 heterocycles. The third kappa shape index (κ3) is 1.06. The largest absolute Gasteiger partial charge is 0.497 e. The molecule has 0 atom stereocenters. The Morgan fingerprint density at radius 3 is 2.52 bits per heavy atom. The summed E-state index contributed by atoms with van der Waals surface area (Å²) in [5.74, 6) is 6.10. The number of nitrogens with zero attached hydrogens (tertiary/aromatic N) is 4. The lowest BCUT2D eigenvalue weighted by Gasteiger charge is -3.10. The lowest BCUT2D eigenvalue weighted by atomic mass is 8.92. The van der Waals surface area contributed by atoms with Crippen molar-refractivity contribution in [2.45, 2.75) is 36.8 Å². The summed E-state index contributed by atoms with van der Waals surface area (Å²) in [6, 6.07) is 6.37. The summed E-state index contributed by atoms with van der Waals surface area (Å²) in [5, 5.41) is 15.1. The fourth-order valence-corrected chi connectivity index (χ4v) is 9.70. The lowest BCUT2D eigenvalue weighted by molar-refractivity contribution is -0.613. The molecule has 0 radical (unpaired) electrons. The molecule has 7 aliphatic carbocycles. The van der Waals surface area contributed by atoms with Crippen molar-refractivity contribution in [2.24, 2.45) is 40.9 Å². The first-order chi connectivity index (χ1) is 14.2. The average molecular weight is 387 g/mol. The second-order valence-corrected chi connectivity index (χ2v) is 10.7. The molecule has 8 aliphatic rings. The Balaban J connectivity index is 1.06. The zero-order chi connectivity index (χ0) is 18.9. The number of benzene rings is 1. The highest BCUT2D eigenvalue weighted by Gasteiger charge is 3.12. The molecule has 1 spiro atoms. The number of amides is 1. The van der Waals surface area contributed by atoms with Gasteiger partial charge < -0.3 is 9.64 Å². The van der Waals surface area contributed by atoms with E-state index in [2.05, 4.69) is 37.7 Å². The van der Waals surface area contributed by atoms with E-state index in [1.807, 2.05) is 6.07 Å². The number of nitrogens with one attached hydrogen (secondary N) is 1. The van der Waals surface area contributed by atoms with Crippen LogP contribution in [0.25, 0.3) is 0 Å². The average Bonchev–Trinajstić information content (AvgIpc) is 3.30. The second-order valence-electron chi connectivity index (χ2n) is 10.7. The van der Waals surface area contributed by atoms with Gasteiger partial charge in [0.25, 0.3) is 0 Å². The zero-order valence-electron chi connectivity index (χ0n) is 16.1. The summed E-state index contributed by atoms with van der Waals surface area (Å²) >= 11 is 0. The van der Waals surface area contributed by atoms with Crippen molar-refractivity contribution in [3.63, 3.8) is 0 Å². The van der Waals surface area contributed by atoms with Crippen molar-refractivity contribution >= 4 is 5.91 Å². The predicted octanol–water partition coefficient (Wildman–Crippen LogP) is 1.32. The topological polar surface area (TPSA) is 84.0 Å². The number of aromatic nitrogens is 4. The number of H-pyrrole nitrogens is 1. The van der Waals surface area contributed by atoms with Crippen molar-refractivity contribution in [3.05, 3.63) is 35.2 Å². The third-order valence-electron chi connectivity index (χ3n) is 10.6. The highest BCUT2D eigenvalue weighted by atomic mass is 16.5. The van der Waals surface area contributed by atoms with Crippen LogP contribution >= 0.6 is 0 Å². The minimum absolute atomic E-state index is 0.00888. The minimum atomic E-state index is -0.00888. The molecular formula is C22H21N5O2. The maximum atomic E-state index is 14.0. The van der Waals surface area contributed by atoms with E-state index in [0.717, 1.165) is 37.4 Å². The van der Waals surface area contributed by atoms with E-state index in [9.17, 15) is 4.79 Å². The van der Waals surface area contributed by atoms with Crippen LogP contribution in [0.5, 0.6) is 5.75 Å². The standard InChI is InChI=1S/C22H21N5O2/c1-29-11-3-2-9-8-27(20(4-5-20)7-10(9)6-11)19(28)22-15-12-16(22)14-17(22)13(15)21(12,14)18-23-25-26-24-18/h2-3,6,12-17H,4-5,7-8H2,1H3,(H,23,24,25,26). The quantitative estimate of drug-likeness (QED) is 0.859. The molecule has 0 unspecified atom stereocenters. The summed E-state index contributed by atoms with van der Waals surface area (Å²) in [6.07, 6.45) is 3.29. The van der Waals surface area contributed by atoms with Gasteiger partial charge in [0, 0.05) is 17.5 Å². The number of rotatable bonds is 3. The Morgan fingerprint density at radius 1 is 1.14 bits per heavy atom. The maximum absolute atomic E-state index is 14.0. The lowest BCUT2D eigenvalue weighted by Crippen LogP contribution is -3.12. The van der Waals surface area contributed by atoms with E-state index in [-0.39, 0.29) is 16.4 Å². The fraction of sp³-hybridized carbons (Fsp3) is 0.636. The Labute approximate surface area is 167 Å². The molecule has 7 fully saturated rings. The summed E-state index contributed by atoms with van der Waals surface area (Å²) < 4.78 is 5.43. The molecule has 10 rings (SSSR count). The molecule has 0 saturated heterocycles. The maximum Gasteiger partial charge on any atom is 0.230 e. The van der Waals surface area contributed by atoms with Crippen LogP contribution in [-0.2, 0) is 23.2 Å². The van der Waals surface area contributed by atoms with Crippen molar-refractivity contribution in [2.75, 3.05) is 7.11 Å². The van der Waals surface area contributed by atoms with Gasteiger partial charge in [-0.05, 0) is 78.0 Å². The molecule has 29 heavy (non-hydrogen) atoms. The number of aromatic amines is 1. The van der Waals surface area contributed by atoms with Crippen LogP contribution in [0.1, 0.15) is 29.8 Å². The van der Waals surface area contributed by atoms with Gasteiger partial charge in [-0.3, -0.25) is 4.79 Å². The Kier molecular flexibility index (Phi) is 1.91. The van der Waals surface area contributed by atoms with Gasteiger partial charge in [-0.1, -0.05) is 11.3 Å². The summed E-state index contributed by atoms with van der Waals surface area (Å²) in [6.45, 7) is 0.780. The number of hydrogen-bond donors (Lipinski definition) is 1. The van der Waals surface area contributed by atoms with Crippen LogP contribution in [0.2, 0.25) is 0 Å². The number of ether oxygens (including phenoxy) is 1. The number of fused-ring (bicyclic) bond motifs is 1. The van der Waals surface area contributed by atoms with Crippen LogP contribution in [0.15, 0.2) is 18.2 Å². The highest BCUT2D eigenvalue weighted by Crippen LogP contribution is 3.09. The molecule has 7 saturated carbocycles. The van der Waals surface area contributed by atoms with E-state index in [0.29, 0.717) is 41.4 Å². The van der Waals surface area contributed by atoms with Crippen LogP contribution < -0.4 is 4.74 Å². The van der Waals surface area contributed by atoms with Crippen LogP contribution in [0, 0.1) is 40.9 Å². The molecule has 1 aromatic carbocycles. The summed E-state index contributed by atoms with van der Waals surface area (Å²) in [5.41, 5.74) is 2.95. The predicted molar refractivity (Wildman–Crippen MR) is 98.4 cm³/mol. The fourth-order valence-electron chi connectivity index (χ4n) is 9.70. The summed E-state index contributed by atoms with van der Waals surface area (Å²) in [4.78, 5) is 16.3. The summed E-state index contributed by atoms with van der Waals surface area (Å²) in [7, 11) is 1.72. The van der Waals surface area contributed by atoms with Crippen LogP contribution in [0.4, 0.5) is 0 Å². The van der Waals surface area contributed by atoms with Gasteiger partial charge in [0.05, 0.1) is 12.5 Å². The van der Waals surface area contributed by atoms with Gasteiger partial charge in [-0.15, -0.1) is 10.2 Å². The smallest absolute Gasteiger partial charge is 0.230 e. The normalized spacial score (nSPS) is 48.9. The first-order valence-corrected chi connectivity index (χ1v) is 10.9. The molecule has 1 N–H and O–H groups in total. The highest BCUT2D eigenvalue weighted by molar-refractivity contribution is 5.94. The number of carbonyl (C=O) groups excluding carboxylic acids is 1. The Hall–Kier alpha value is -2.44. The van der Waals surface area contributed by atoms with Gasteiger partial charge in [-0.25, -0.2) is 0 Å². The molecule has 1 aromatic heterocycles. The zero-order valence-corrected chi connectivity index (χ0v) is 16.1. The number of carbonyl (C=O) groups is 1. The van der Waals surface area contributed by atoms with Gasteiger partial charge in [0.2, 0.25) is 5.91 Å². The SMILES string of the molecule is COc1ccc2c(c1)CC1(CC1)N(C(=O)C13C4C5C1C1C3C4C51c1nn[nH]n1)C2. The number of hydrogen-bond acceptors (Lipinski definition) is 5. The van der Waals surface area contributed by atoms with Crippen LogP contribution in [-0.4, -0.2) is 44.1 Å². The van der Waals surface area contributed by atoms with Crippen molar-refractivity contribution in [1.29, 1.82) is 0 Å². The van der Waals surface area contributed by atoms with Gasteiger partial charge in [0.1, 0.15) is 5.75 Å².